The summed E-state index contributed by atoms with van der Waals surface area (Å²) >= 11 is 7.71. The molecule has 2 heterocycles. The highest BCUT2D eigenvalue weighted by molar-refractivity contribution is 7.10. The zero-order valence-electron chi connectivity index (χ0n) is 16.2. The van der Waals surface area contributed by atoms with Crippen LogP contribution < -0.4 is 4.74 Å². The van der Waals surface area contributed by atoms with Crippen LogP contribution in [0, 0.1) is 0 Å². The van der Waals surface area contributed by atoms with Crippen molar-refractivity contribution < 1.29 is 24.2 Å². The fraction of sp³-hybridized carbons (Fsp3) is 0.333. The second kappa shape index (κ2) is 9.43. The number of halogens is 1. The van der Waals surface area contributed by atoms with Gasteiger partial charge in [0.25, 0.3) is 11.7 Å². The number of nitrogens with zero attached hydrogens (tertiary/aromatic N) is 1. The van der Waals surface area contributed by atoms with Gasteiger partial charge in [-0.1, -0.05) is 17.7 Å². The highest BCUT2D eigenvalue weighted by Crippen LogP contribution is 2.42. The van der Waals surface area contributed by atoms with Gasteiger partial charge in [0.05, 0.1) is 23.2 Å². The standard InChI is InChI=1S/C21H22ClNO5S/c1-3-28-13-7-8-15(22)14(12-13)19(24)17-18(16-6-4-11-29-16)23(9-5-10-27-2)21(26)20(17)25/h4,6-8,11-12,18,24H,3,5,9-10H2,1-2H3/b19-17-. The summed E-state index contributed by atoms with van der Waals surface area (Å²) < 4.78 is 10.6. The third kappa shape index (κ3) is 4.32. The predicted molar refractivity (Wildman–Crippen MR) is 112 cm³/mol. The van der Waals surface area contributed by atoms with Crippen LogP contribution in [0.2, 0.25) is 5.02 Å². The third-order valence-electron chi connectivity index (χ3n) is 4.60. The van der Waals surface area contributed by atoms with Gasteiger partial charge in [0.15, 0.2) is 0 Å². The Morgan fingerprint density at radius 1 is 1.31 bits per heavy atom. The molecular weight excluding hydrogens is 414 g/mol. The zero-order chi connectivity index (χ0) is 21.0. The number of rotatable bonds is 8. The number of carbonyl (C=O) groups excluding carboxylic acids is 2. The lowest BCUT2D eigenvalue weighted by Gasteiger charge is -2.24. The Morgan fingerprint density at radius 3 is 2.76 bits per heavy atom. The zero-order valence-corrected chi connectivity index (χ0v) is 17.8. The van der Waals surface area contributed by atoms with Gasteiger partial charge in [-0.05, 0) is 43.0 Å². The number of ether oxygens (including phenoxy) is 2. The average Bonchev–Trinajstić information content (AvgIpc) is 3.32. The van der Waals surface area contributed by atoms with Crippen molar-refractivity contribution in [2.24, 2.45) is 0 Å². The van der Waals surface area contributed by atoms with E-state index in [9.17, 15) is 14.7 Å². The smallest absolute Gasteiger partial charge is 0.295 e. The van der Waals surface area contributed by atoms with E-state index in [0.29, 0.717) is 31.9 Å². The molecule has 2 aromatic rings. The Kier molecular flexibility index (Phi) is 6.95. The molecule has 0 bridgehead atoms. The van der Waals surface area contributed by atoms with Crippen molar-refractivity contribution in [3.8, 4) is 5.75 Å². The van der Waals surface area contributed by atoms with Crippen molar-refractivity contribution in [3.05, 3.63) is 56.7 Å². The lowest BCUT2D eigenvalue weighted by molar-refractivity contribution is -0.140. The molecule has 1 unspecified atom stereocenters. The minimum atomic E-state index is -0.726. The summed E-state index contributed by atoms with van der Waals surface area (Å²) in [6.07, 6.45) is 0.575. The van der Waals surface area contributed by atoms with Gasteiger partial charge in [-0.3, -0.25) is 9.59 Å². The number of aliphatic hydroxyl groups is 1. The maximum absolute atomic E-state index is 12.9. The van der Waals surface area contributed by atoms with Crippen molar-refractivity contribution in [1.82, 2.24) is 4.90 Å². The minimum Gasteiger partial charge on any atom is -0.507 e. The summed E-state index contributed by atoms with van der Waals surface area (Å²) in [5.41, 5.74) is 0.291. The van der Waals surface area contributed by atoms with E-state index in [1.165, 1.54) is 16.2 Å². The molecular formula is C21H22ClNO5S. The second-order valence-corrected chi connectivity index (χ2v) is 7.82. The Hall–Kier alpha value is -2.35. The molecule has 8 heteroatoms. The van der Waals surface area contributed by atoms with Crippen LogP contribution in [-0.2, 0) is 14.3 Å². The van der Waals surface area contributed by atoms with Crippen molar-refractivity contribution >= 4 is 40.4 Å². The van der Waals surface area contributed by atoms with Gasteiger partial charge in [-0.2, -0.15) is 0 Å². The van der Waals surface area contributed by atoms with E-state index in [0.717, 1.165) is 4.88 Å². The fourth-order valence-electron chi connectivity index (χ4n) is 3.32. The first-order valence-electron chi connectivity index (χ1n) is 9.23. The number of hydrogen-bond acceptors (Lipinski definition) is 6. The quantitative estimate of drug-likeness (QED) is 0.290. The van der Waals surface area contributed by atoms with Crippen LogP contribution in [0.1, 0.15) is 29.8 Å². The van der Waals surface area contributed by atoms with E-state index in [1.54, 1.807) is 25.3 Å². The summed E-state index contributed by atoms with van der Waals surface area (Å²) in [5, 5.41) is 13.2. The van der Waals surface area contributed by atoms with Gasteiger partial charge in [0, 0.05) is 30.7 Å². The third-order valence-corrected chi connectivity index (χ3v) is 5.86. The van der Waals surface area contributed by atoms with Crippen LogP contribution in [0.25, 0.3) is 5.76 Å². The molecule has 1 aromatic carbocycles. The van der Waals surface area contributed by atoms with E-state index in [-0.39, 0.29) is 21.9 Å². The molecule has 1 saturated heterocycles. The Labute approximate surface area is 178 Å². The molecule has 6 nitrogen and oxygen atoms in total. The molecule has 1 aromatic heterocycles. The fourth-order valence-corrected chi connectivity index (χ4v) is 4.37. The molecule has 1 aliphatic rings. The van der Waals surface area contributed by atoms with Crippen LogP contribution in [0.4, 0.5) is 0 Å². The van der Waals surface area contributed by atoms with Crippen molar-refractivity contribution in [3.63, 3.8) is 0 Å². The molecule has 0 aliphatic carbocycles. The molecule has 1 aliphatic heterocycles. The molecule has 0 radical (unpaired) electrons. The van der Waals surface area contributed by atoms with Gasteiger partial charge in [-0.25, -0.2) is 0 Å². The van der Waals surface area contributed by atoms with Crippen LogP contribution in [0.15, 0.2) is 41.3 Å². The van der Waals surface area contributed by atoms with E-state index in [4.69, 9.17) is 21.1 Å². The van der Waals surface area contributed by atoms with Crippen molar-refractivity contribution in [2.45, 2.75) is 19.4 Å². The second-order valence-electron chi connectivity index (χ2n) is 6.43. The van der Waals surface area contributed by atoms with E-state index >= 15 is 0 Å². The lowest BCUT2D eigenvalue weighted by Crippen LogP contribution is -2.31. The van der Waals surface area contributed by atoms with Crippen LogP contribution >= 0.6 is 22.9 Å². The van der Waals surface area contributed by atoms with Crippen molar-refractivity contribution in [2.75, 3.05) is 26.9 Å². The molecule has 0 spiro atoms. The predicted octanol–water partition coefficient (Wildman–Crippen LogP) is 4.26. The maximum Gasteiger partial charge on any atom is 0.295 e. The summed E-state index contributed by atoms with van der Waals surface area (Å²) in [4.78, 5) is 27.9. The number of benzene rings is 1. The van der Waals surface area contributed by atoms with Gasteiger partial charge >= 0.3 is 0 Å². The number of ketones is 1. The lowest BCUT2D eigenvalue weighted by atomic mass is 9.99. The number of amides is 1. The van der Waals surface area contributed by atoms with Crippen LogP contribution in [0.3, 0.4) is 0 Å². The van der Waals surface area contributed by atoms with Crippen molar-refractivity contribution in [1.29, 1.82) is 0 Å². The summed E-state index contributed by atoms with van der Waals surface area (Å²) in [7, 11) is 1.58. The van der Waals surface area contributed by atoms with Gasteiger partial charge < -0.3 is 19.5 Å². The Bertz CT molecular complexity index is 925. The van der Waals surface area contributed by atoms with E-state index in [1.807, 2.05) is 24.4 Å². The summed E-state index contributed by atoms with van der Waals surface area (Å²) in [6, 6.07) is 7.87. The van der Waals surface area contributed by atoms with Crippen LogP contribution in [-0.4, -0.2) is 48.6 Å². The van der Waals surface area contributed by atoms with Crippen LogP contribution in [0.5, 0.6) is 5.75 Å². The first kappa shape index (κ1) is 21.4. The SMILES string of the molecule is CCOc1ccc(Cl)c(/C(O)=C2/C(=O)C(=O)N(CCCOC)C2c2cccs2)c1. The highest BCUT2D eigenvalue weighted by Gasteiger charge is 2.46. The molecule has 0 saturated carbocycles. The molecule has 1 fully saturated rings. The number of thiophene rings is 1. The molecule has 1 atom stereocenters. The number of methoxy groups -OCH3 is 1. The molecule has 154 valence electrons. The minimum absolute atomic E-state index is 0.0328. The first-order chi connectivity index (χ1) is 14.0. The topological polar surface area (TPSA) is 76.1 Å². The number of likely N-dealkylation sites (tertiary alicyclic amines) is 1. The summed E-state index contributed by atoms with van der Waals surface area (Å²) in [6.45, 7) is 3.09. The molecule has 29 heavy (non-hydrogen) atoms. The normalized spacial score (nSPS) is 18.4. The first-order valence-corrected chi connectivity index (χ1v) is 10.5. The number of Topliss-reactive ketones (excluding diaryl/α,β-unsaturated/α-hetero) is 1. The number of carbonyl (C=O) groups is 2. The monoisotopic (exact) mass is 435 g/mol. The Morgan fingerprint density at radius 2 is 2.10 bits per heavy atom. The largest absolute Gasteiger partial charge is 0.507 e. The Balaban J connectivity index is 2.11. The number of hydrogen-bond donors (Lipinski definition) is 1. The maximum atomic E-state index is 12.9. The average molecular weight is 436 g/mol. The van der Waals surface area contributed by atoms with Gasteiger partial charge in [-0.15, -0.1) is 11.3 Å². The summed E-state index contributed by atoms with van der Waals surface area (Å²) in [5.74, 6) is -1.16. The molecule has 1 amide bonds. The molecule has 3 rings (SSSR count). The number of aliphatic hydroxyl groups excluding tert-OH is 1. The molecule has 1 N–H and O–H groups in total. The van der Waals surface area contributed by atoms with Gasteiger partial charge in [0.2, 0.25) is 0 Å². The van der Waals surface area contributed by atoms with E-state index in [2.05, 4.69) is 0 Å². The highest BCUT2D eigenvalue weighted by atomic mass is 35.5. The van der Waals surface area contributed by atoms with E-state index < -0.39 is 17.7 Å². The van der Waals surface area contributed by atoms with Gasteiger partial charge in [0.1, 0.15) is 11.5 Å².